The third-order valence-electron chi connectivity index (χ3n) is 3.16. The number of benzene rings is 1. The van der Waals surface area contributed by atoms with Gasteiger partial charge in [0.1, 0.15) is 17.2 Å². The van der Waals surface area contributed by atoms with Gasteiger partial charge in [0, 0.05) is 24.5 Å². The summed E-state index contributed by atoms with van der Waals surface area (Å²) < 4.78 is 5.34. The summed E-state index contributed by atoms with van der Waals surface area (Å²) in [6, 6.07) is 11.8. The van der Waals surface area contributed by atoms with Crippen molar-refractivity contribution < 1.29 is 4.74 Å². The molecule has 2 rings (SSSR count). The molecule has 108 valence electrons. The third kappa shape index (κ3) is 3.91. The van der Waals surface area contributed by atoms with E-state index in [-0.39, 0.29) is 5.57 Å². The van der Waals surface area contributed by atoms with E-state index < -0.39 is 0 Å². The van der Waals surface area contributed by atoms with Gasteiger partial charge in [0.05, 0.1) is 13.2 Å². The van der Waals surface area contributed by atoms with E-state index in [1.165, 1.54) is 11.8 Å². The molecule has 5 nitrogen and oxygen atoms in total. The first-order valence-electron chi connectivity index (χ1n) is 6.56. The van der Waals surface area contributed by atoms with Crippen molar-refractivity contribution in [1.82, 2.24) is 0 Å². The third-order valence-corrected chi connectivity index (χ3v) is 3.87. The normalized spacial score (nSPS) is 14.0. The van der Waals surface area contributed by atoms with Crippen LogP contribution >= 0.6 is 11.8 Å². The van der Waals surface area contributed by atoms with Crippen molar-refractivity contribution in [3.63, 3.8) is 0 Å². The lowest BCUT2D eigenvalue weighted by Gasteiger charge is -2.29. The molecular weight excluding hydrogens is 284 g/mol. The molecule has 1 aromatic carbocycles. The van der Waals surface area contributed by atoms with E-state index in [0.717, 1.165) is 37.7 Å². The summed E-state index contributed by atoms with van der Waals surface area (Å²) in [6.45, 7) is 3.31. The number of hydrogen-bond acceptors (Lipinski definition) is 6. The number of nitrogens with one attached hydrogen (secondary N) is 1. The molecular formula is C15H16N4OS. The Morgan fingerprint density at radius 1 is 1.19 bits per heavy atom. The second kappa shape index (κ2) is 7.58. The van der Waals surface area contributed by atoms with Gasteiger partial charge in [0.15, 0.2) is 5.57 Å². The fraction of sp³-hybridized carbons (Fsp3) is 0.333. The lowest BCUT2D eigenvalue weighted by molar-refractivity contribution is 0.122. The molecule has 0 saturated carbocycles. The van der Waals surface area contributed by atoms with E-state index in [2.05, 4.69) is 10.2 Å². The van der Waals surface area contributed by atoms with Crippen molar-refractivity contribution >= 4 is 23.1 Å². The number of ether oxygens (including phenoxy) is 1. The number of nitriles is 2. The van der Waals surface area contributed by atoms with Crippen LogP contribution in [0.2, 0.25) is 0 Å². The summed E-state index contributed by atoms with van der Waals surface area (Å²) in [5.74, 6) is 0. The van der Waals surface area contributed by atoms with Crippen molar-refractivity contribution in [1.29, 1.82) is 10.5 Å². The van der Waals surface area contributed by atoms with Crippen molar-refractivity contribution in [3.05, 3.63) is 34.9 Å². The van der Waals surface area contributed by atoms with Crippen molar-refractivity contribution in [2.75, 3.05) is 42.8 Å². The van der Waals surface area contributed by atoms with Gasteiger partial charge in [-0.1, -0.05) is 0 Å². The minimum Gasteiger partial charge on any atom is -0.378 e. The molecule has 0 aromatic heterocycles. The topological polar surface area (TPSA) is 72.1 Å². The number of allylic oxidation sites excluding steroid dienone is 1. The van der Waals surface area contributed by atoms with Gasteiger partial charge in [-0.15, -0.1) is 11.8 Å². The molecule has 1 N–H and O–H groups in total. The molecule has 0 bridgehead atoms. The zero-order valence-electron chi connectivity index (χ0n) is 11.8. The summed E-state index contributed by atoms with van der Waals surface area (Å²) in [7, 11) is 0. The minimum absolute atomic E-state index is 0.0970. The molecule has 0 unspecified atom stereocenters. The molecule has 21 heavy (non-hydrogen) atoms. The molecule has 1 saturated heterocycles. The highest BCUT2D eigenvalue weighted by atomic mass is 32.2. The second-order valence-corrected chi connectivity index (χ2v) is 5.22. The fourth-order valence-corrected chi connectivity index (χ4v) is 2.57. The molecule has 0 atom stereocenters. The van der Waals surface area contributed by atoms with Crippen molar-refractivity contribution in [2.24, 2.45) is 0 Å². The summed E-state index contributed by atoms with van der Waals surface area (Å²) in [5.41, 5.74) is 2.11. The Hall–Kier alpha value is -2.15. The van der Waals surface area contributed by atoms with Crippen LogP contribution in [0.4, 0.5) is 11.4 Å². The van der Waals surface area contributed by atoms with Crippen LogP contribution in [-0.4, -0.2) is 32.6 Å². The average molecular weight is 300 g/mol. The predicted octanol–water partition coefficient (Wildman–Crippen LogP) is 2.56. The lowest BCUT2D eigenvalue weighted by atomic mass is 10.2. The van der Waals surface area contributed by atoms with Gasteiger partial charge in [-0.05, 0) is 30.5 Å². The van der Waals surface area contributed by atoms with Gasteiger partial charge in [-0.2, -0.15) is 10.5 Å². The summed E-state index contributed by atoms with van der Waals surface area (Å²) in [4.78, 5) is 2.27. The van der Waals surface area contributed by atoms with Gasteiger partial charge in [0.2, 0.25) is 0 Å². The largest absolute Gasteiger partial charge is 0.378 e. The first-order chi connectivity index (χ1) is 10.3. The van der Waals surface area contributed by atoms with Crippen molar-refractivity contribution in [3.8, 4) is 12.1 Å². The van der Waals surface area contributed by atoms with Gasteiger partial charge >= 0.3 is 0 Å². The van der Waals surface area contributed by atoms with Gasteiger partial charge in [0.25, 0.3) is 0 Å². The summed E-state index contributed by atoms with van der Waals surface area (Å²) in [5, 5.41) is 21.5. The molecule has 1 aliphatic rings. The highest BCUT2D eigenvalue weighted by Gasteiger charge is 2.11. The SMILES string of the molecule is CSC(Nc1ccc(N2CCOCC2)cc1)=C(C#N)C#N. The Morgan fingerprint density at radius 2 is 1.81 bits per heavy atom. The van der Waals surface area contributed by atoms with Crippen LogP contribution in [0.1, 0.15) is 0 Å². The van der Waals surface area contributed by atoms with Crippen LogP contribution in [-0.2, 0) is 4.74 Å². The number of nitrogens with zero attached hydrogens (tertiary/aromatic N) is 3. The maximum absolute atomic E-state index is 8.92. The number of anilines is 2. The Balaban J connectivity index is 2.10. The van der Waals surface area contributed by atoms with Gasteiger partial charge < -0.3 is 15.0 Å². The summed E-state index contributed by atoms with van der Waals surface area (Å²) in [6.07, 6.45) is 1.83. The molecule has 0 amide bonds. The number of morpholine rings is 1. The Kier molecular flexibility index (Phi) is 5.51. The van der Waals surface area contributed by atoms with E-state index >= 15 is 0 Å². The van der Waals surface area contributed by atoms with Crippen LogP contribution in [0.3, 0.4) is 0 Å². The van der Waals surface area contributed by atoms with Crippen LogP contribution in [0, 0.1) is 22.7 Å². The first kappa shape index (κ1) is 15.2. The second-order valence-electron chi connectivity index (χ2n) is 4.40. The van der Waals surface area contributed by atoms with Crippen LogP contribution in [0.5, 0.6) is 0 Å². The van der Waals surface area contributed by atoms with E-state index in [1.807, 2.05) is 42.7 Å². The molecule has 6 heteroatoms. The Morgan fingerprint density at radius 3 is 2.33 bits per heavy atom. The zero-order chi connectivity index (χ0) is 15.1. The van der Waals surface area contributed by atoms with Crippen LogP contribution < -0.4 is 10.2 Å². The molecule has 0 aliphatic carbocycles. The van der Waals surface area contributed by atoms with E-state index in [1.54, 1.807) is 0 Å². The van der Waals surface area contributed by atoms with E-state index in [4.69, 9.17) is 15.3 Å². The average Bonchev–Trinajstić information content (AvgIpc) is 2.56. The molecule has 0 spiro atoms. The number of hydrogen-bond donors (Lipinski definition) is 1. The first-order valence-corrected chi connectivity index (χ1v) is 7.79. The smallest absolute Gasteiger partial charge is 0.159 e. The zero-order valence-corrected chi connectivity index (χ0v) is 12.6. The van der Waals surface area contributed by atoms with Crippen LogP contribution in [0.25, 0.3) is 0 Å². The maximum Gasteiger partial charge on any atom is 0.159 e. The monoisotopic (exact) mass is 300 g/mol. The number of rotatable bonds is 4. The maximum atomic E-state index is 8.92. The van der Waals surface area contributed by atoms with E-state index in [0.29, 0.717) is 5.03 Å². The van der Waals surface area contributed by atoms with Gasteiger partial charge in [-0.3, -0.25) is 0 Å². The highest BCUT2D eigenvalue weighted by molar-refractivity contribution is 8.02. The fourth-order valence-electron chi connectivity index (χ4n) is 2.05. The predicted molar refractivity (Wildman–Crippen MR) is 84.9 cm³/mol. The number of thioether (sulfide) groups is 1. The minimum atomic E-state index is 0.0970. The Labute approximate surface area is 128 Å². The molecule has 1 aliphatic heterocycles. The van der Waals surface area contributed by atoms with E-state index in [9.17, 15) is 0 Å². The molecule has 1 heterocycles. The molecule has 0 radical (unpaired) electrons. The molecule has 1 fully saturated rings. The van der Waals surface area contributed by atoms with Crippen LogP contribution in [0.15, 0.2) is 34.9 Å². The van der Waals surface area contributed by atoms with Crippen molar-refractivity contribution in [2.45, 2.75) is 0 Å². The highest BCUT2D eigenvalue weighted by Crippen LogP contribution is 2.23. The quantitative estimate of drug-likeness (QED) is 0.862. The summed E-state index contributed by atoms with van der Waals surface area (Å²) >= 11 is 1.35. The van der Waals surface area contributed by atoms with Gasteiger partial charge in [-0.25, -0.2) is 0 Å². The Bertz CT molecular complexity index is 576. The lowest BCUT2D eigenvalue weighted by Crippen LogP contribution is -2.36. The molecule has 1 aromatic rings. The standard InChI is InChI=1S/C15H16N4OS/c1-21-15(12(10-16)11-17)18-13-2-4-14(5-3-13)19-6-8-20-9-7-19/h2-5,18H,6-9H2,1H3.